The number of hydrogen-bond acceptors (Lipinski definition) is 4. The first-order chi connectivity index (χ1) is 29.8. The summed E-state index contributed by atoms with van der Waals surface area (Å²) < 4.78 is 4.71. The van der Waals surface area contributed by atoms with E-state index in [1.807, 2.05) is 89.1 Å². The molecule has 6 heteroatoms. The number of aromatic nitrogens is 6. The van der Waals surface area contributed by atoms with Gasteiger partial charge in [-0.2, -0.15) is 0 Å². The van der Waals surface area contributed by atoms with E-state index in [9.17, 15) is 0 Å². The maximum atomic E-state index is 4.67. The second kappa shape index (κ2) is 16.6. The predicted octanol–water partition coefficient (Wildman–Crippen LogP) is 14.2. The van der Waals surface area contributed by atoms with Gasteiger partial charge in [0.2, 0.25) is 0 Å². The lowest BCUT2D eigenvalue weighted by atomic mass is 9.96. The van der Waals surface area contributed by atoms with Crippen LogP contribution >= 0.6 is 0 Å². The molecule has 0 radical (unpaired) electrons. The summed E-state index contributed by atoms with van der Waals surface area (Å²) in [6.07, 6.45) is 11.4. The number of nitrogens with zero attached hydrogens (tertiary/aromatic N) is 6. The topological polar surface area (TPSA) is 61.4 Å². The van der Waals surface area contributed by atoms with Crippen molar-refractivity contribution in [3.05, 3.63) is 195 Å². The van der Waals surface area contributed by atoms with Gasteiger partial charge in [0.1, 0.15) is 0 Å². The van der Waals surface area contributed by atoms with Crippen molar-refractivity contribution in [2.75, 3.05) is 0 Å². The Hall–Kier alpha value is -7.70. The fourth-order valence-electron chi connectivity index (χ4n) is 8.36. The third kappa shape index (κ3) is 6.58. The molecule has 290 valence electrons. The van der Waals surface area contributed by atoms with Crippen LogP contribution in [0.2, 0.25) is 0 Å². The van der Waals surface area contributed by atoms with Crippen molar-refractivity contribution in [2.24, 2.45) is 0 Å². The van der Waals surface area contributed by atoms with E-state index < -0.39 is 0 Å². The minimum absolute atomic E-state index is 0.954. The highest BCUT2D eigenvalue weighted by Crippen LogP contribution is 2.40. The van der Waals surface area contributed by atoms with Gasteiger partial charge in [-0.15, -0.1) is 0 Å². The summed E-state index contributed by atoms with van der Waals surface area (Å²) >= 11 is 0. The Morgan fingerprint density at radius 2 is 0.750 bits per heavy atom. The lowest BCUT2D eigenvalue weighted by molar-refractivity contribution is 1.13. The smallest absolute Gasteiger partial charge is 0.0708 e. The molecule has 0 aliphatic heterocycles. The Morgan fingerprint density at radius 3 is 1.18 bits per heavy atom. The highest BCUT2D eigenvalue weighted by atomic mass is 15.0. The fourth-order valence-corrected chi connectivity index (χ4v) is 8.36. The van der Waals surface area contributed by atoms with E-state index in [-0.39, 0.29) is 0 Å². The van der Waals surface area contributed by atoms with E-state index in [0.29, 0.717) is 0 Å². The maximum absolute atomic E-state index is 4.67. The van der Waals surface area contributed by atoms with E-state index in [0.717, 1.165) is 99.8 Å². The molecule has 0 atom stereocenters. The van der Waals surface area contributed by atoms with Crippen molar-refractivity contribution < 1.29 is 0 Å². The van der Waals surface area contributed by atoms with E-state index >= 15 is 0 Å². The summed E-state index contributed by atoms with van der Waals surface area (Å²) in [7, 11) is 0. The van der Waals surface area contributed by atoms with Crippen molar-refractivity contribution in [2.45, 2.75) is 27.7 Å². The largest absolute Gasteiger partial charge is 0.309 e. The summed E-state index contributed by atoms with van der Waals surface area (Å²) in [5.41, 5.74) is 15.3. The van der Waals surface area contributed by atoms with Gasteiger partial charge in [0.15, 0.2) is 0 Å². The molecule has 60 heavy (non-hydrogen) atoms. The van der Waals surface area contributed by atoms with Gasteiger partial charge < -0.3 is 9.13 Å². The lowest BCUT2D eigenvalue weighted by Crippen LogP contribution is -1.98. The molecule has 0 N–H and O–H groups in total. The van der Waals surface area contributed by atoms with Crippen LogP contribution in [0, 0.1) is 0 Å². The quantitative estimate of drug-likeness (QED) is 0.169. The molecule has 0 spiro atoms. The van der Waals surface area contributed by atoms with Gasteiger partial charge in [-0.05, 0) is 101 Å². The average molecular weight is 777 g/mol. The maximum Gasteiger partial charge on any atom is 0.0708 e. The molecule has 0 unspecified atom stereocenters. The molecule has 5 aromatic carbocycles. The van der Waals surface area contributed by atoms with E-state index in [4.69, 9.17) is 0 Å². The summed E-state index contributed by atoms with van der Waals surface area (Å²) in [5.74, 6) is 0. The molecule has 0 aliphatic carbocycles. The minimum atomic E-state index is 0.954. The lowest BCUT2D eigenvalue weighted by Gasteiger charge is -2.13. The molecule has 0 fully saturated rings. The van der Waals surface area contributed by atoms with E-state index in [2.05, 4.69) is 163 Å². The first kappa shape index (κ1) is 37.9. The Balaban J connectivity index is 0.00000112. The SMILES string of the molecule is CC.CC.c1ccc(-c2ccccc2-c2ccc3c(c2)c2cnccc2n3-c2cccc(-n3c4ccncc4c4cc(-c5ccccc5-c5ccccn5)ccc43)c2)nc1. The van der Waals surface area contributed by atoms with Gasteiger partial charge in [-0.1, -0.05) is 107 Å². The first-order valence-corrected chi connectivity index (χ1v) is 20.7. The molecular weight excluding hydrogens is 733 g/mol. The van der Waals surface area contributed by atoms with Gasteiger partial charge in [-0.3, -0.25) is 19.9 Å². The van der Waals surface area contributed by atoms with Crippen LogP contribution in [0.4, 0.5) is 0 Å². The average Bonchev–Trinajstić information content (AvgIpc) is 3.86. The monoisotopic (exact) mass is 776 g/mol. The van der Waals surface area contributed by atoms with Crippen LogP contribution in [0.1, 0.15) is 27.7 Å². The minimum Gasteiger partial charge on any atom is -0.309 e. The zero-order valence-electron chi connectivity index (χ0n) is 34.2. The highest BCUT2D eigenvalue weighted by Gasteiger charge is 2.18. The summed E-state index contributed by atoms with van der Waals surface area (Å²) in [6, 6.07) is 55.6. The van der Waals surface area contributed by atoms with Crippen LogP contribution in [0.25, 0.3) is 99.8 Å². The third-order valence-corrected chi connectivity index (χ3v) is 10.8. The standard InChI is InChI=1S/C50H32N6.2C2H6/c1-3-14-39(45-16-5-7-24-53-45)37(12-1)33-18-20-47-41(28-33)43-31-51-26-22-49(43)55(47)35-10-9-11-36(30-35)56-48-21-19-34(29-42(48)44-32-52-27-23-50(44)56)38-13-2-4-15-40(38)46-17-6-8-25-54-46;2*1-2/h1-32H;2*1-2H3. The second-order valence-electron chi connectivity index (χ2n) is 14.0. The van der Waals surface area contributed by atoms with Crippen molar-refractivity contribution >= 4 is 43.6 Å². The van der Waals surface area contributed by atoms with Crippen LogP contribution in [0.5, 0.6) is 0 Å². The molecule has 6 nitrogen and oxygen atoms in total. The van der Waals surface area contributed by atoms with E-state index in [1.165, 1.54) is 0 Å². The number of rotatable bonds is 6. The summed E-state index contributed by atoms with van der Waals surface area (Å²) in [4.78, 5) is 18.5. The van der Waals surface area contributed by atoms with Crippen molar-refractivity contribution in [3.63, 3.8) is 0 Å². The predicted molar refractivity (Wildman–Crippen MR) is 251 cm³/mol. The number of benzene rings is 5. The molecule has 6 aromatic heterocycles. The molecule has 0 amide bonds. The highest BCUT2D eigenvalue weighted by molar-refractivity contribution is 6.12. The molecular formula is C54H44N6. The molecule has 0 aliphatic rings. The van der Waals surface area contributed by atoms with Crippen LogP contribution in [-0.2, 0) is 0 Å². The molecule has 11 rings (SSSR count). The van der Waals surface area contributed by atoms with Crippen molar-refractivity contribution in [1.82, 2.24) is 29.1 Å². The van der Waals surface area contributed by atoms with Crippen LogP contribution in [0.3, 0.4) is 0 Å². The zero-order chi connectivity index (χ0) is 41.0. The van der Waals surface area contributed by atoms with Gasteiger partial charge in [0.25, 0.3) is 0 Å². The first-order valence-electron chi connectivity index (χ1n) is 20.7. The van der Waals surface area contributed by atoms with Crippen molar-refractivity contribution in [1.29, 1.82) is 0 Å². The van der Waals surface area contributed by atoms with Crippen LogP contribution < -0.4 is 0 Å². The van der Waals surface area contributed by atoms with Gasteiger partial charge in [0, 0.05) is 81.2 Å². The Bertz CT molecular complexity index is 3040. The molecule has 6 heterocycles. The number of fused-ring (bicyclic) bond motifs is 6. The summed E-state index contributed by atoms with van der Waals surface area (Å²) in [6.45, 7) is 8.00. The fraction of sp³-hybridized carbons (Fsp3) is 0.0741. The molecule has 0 saturated carbocycles. The van der Waals surface area contributed by atoms with Gasteiger partial charge in [-0.25, -0.2) is 0 Å². The van der Waals surface area contributed by atoms with E-state index in [1.54, 1.807) is 0 Å². The normalized spacial score (nSPS) is 11.0. The third-order valence-electron chi connectivity index (χ3n) is 10.8. The Labute approximate surface area is 350 Å². The van der Waals surface area contributed by atoms with Gasteiger partial charge in [0.05, 0.1) is 33.5 Å². The van der Waals surface area contributed by atoms with Crippen molar-refractivity contribution in [3.8, 4) is 56.1 Å². The molecule has 11 aromatic rings. The Morgan fingerprint density at radius 1 is 0.333 bits per heavy atom. The van der Waals surface area contributed by atoms with Gasteiger partial charge >= 0.3 is 0 Å². The summed E-state index contributed by atoms with van der Waals surface area (Å²) in [5, 5.41) is 4.50. The Kier molecular flexibility index (Phi) is 10.5. The molecule has 0 bridgehead atoms. The second-order valence-corrected chi connectivity index (χ2v) is 14.0. The molecule has 0 saturated heterocycles. The number of hydrogen-bond donors (Lipinski definition) is 0. The zero-order valence-corrected chi connectivity index (χ0v) is 34.2. The van der Waals surface area contributed by atoms with Crippen LogP contribution in [-0.4, -0.2) is 29.1 Å². The number of pyridine rings is 4. The van der Waals surface area contributed by atoms with Crippen LogP contribution in [0.15, 0.2) is 195 Å².